The summed E-state index contributed by atoms with van der Waals surface area (Å²) in [7, 11) is 0. The summed E-state index contributed by atoms with van der Waals surface area (Å²) in [5.74, 6) is 0.0620. The molecule has 7 heteroatoms. The number of halogens is 1. The van der Waals surface area contributed by atoms with Crippen LogP contribution in [0.15, 0.2) is 48.5 Å². The van der Waals surface area contributed by atoms with E-state index < -0.39 is 17.8 Å². The molecule has 144 valence electrons. The number of thioether (sulfide) groups is 1. The first-order valence-corrected chi connectivity index (χ1v) is 9.92. The van der Waals surface area contributed by atoms with Crippen LogP contribution < -0.4 is 15.4 Å². The van der Waals surface area contributed by atoms with E-state index in [1.54, 1.807) is 36.9 Å². The van der Waals surface area contributed by atoms with Crippen molar-refractivity contribution in [3.63, 3.8) is 0 Å². The summed E-state index contributed by atoms with van der Waals surface area (Å²) in [5, 5.41) is 5.39. The van der Waals surface area contributed by atoms with E-state index in [0.717, 1.165) is 5.56 Å². The summed E-state index contributed by atoms with van der Waals surface area (Å²) in [6, 6.07) is 12.4. The van der Waals surface area contributed by atoms with Crippen molar-refractivity contribution in [2.75, 3.05) is 23.9 Å². The molecule has 0 radical (unpaired) electrons. The van der Waals surface area contributed by atoms with E-state index in [2.05, 4.69) is 10.6 Å². The zero-order valence-corrected chi connectivity index (χ0v) is 16.1. The number of amides is 2. The quantitative estimate of drug-likeness (QED) is 0.689. The van der Waals surface area contributed by atoms with Gasteiger partial charge in [0.25, 0.3) is 5.91 Å². The summed E-state index contributed by atoms with van der Waals surface area (Å²) in [6.45, 7) is 1.59. The monoisotopic (exact) mass is 390 g/mol. The molecule has 2 aromatic carbocycles. The Morgan fingerprint density at radius 2 is 1.93 bits per heavy atom. The topological polar surface area (TPSA) is 67.4 Å². The lowest BCUT2D eigenvalue weighted by Gasteiger charge is -2.19. The lowest BCUT2D eigenvalue weighted by atomic mass is 10.1. The van der Waals surface area contributed by atoms with Crippen LogP contribution in [0.25, 0.3) is 0 Å². The van der Waals surface area contributed by atoms with Crippen LogP contribution in [-0.2, 0) is 9.59 Å². The fourth-order valence-corrected chi connectivity index (χ4v) is 2.83. The van der Waals surface area contributed by atoms with Crippen LogP contribution in [0.3, 0.4) is 0 Å². The first kappa shape index (κ1) is 20.8. The second-order valence-electron chi connectivity index (χ2n) is 5.95. The summed E-state index contributed by atoms with van der Waals surface area (Å²) >= 11 is 1.57. The van der Waals surface area contributed by atoms with Gasteiger partial charge in [-0.3, -0.25) is 9.59 Å². The lowest BCUT2D eigenvalue weighted by molar-refractivity contribution is -0.127. The lowest BCUT2D eigenvalue weighted by Crippen LogP contribution is -2.46. The maximum Gasteiger partial charge on any atom is 0.258 e. The number of para-hydroxylation sites is 1. The third kappa shape index (κ3) is 6.94. The molecule has 0 aliphatic heterocycles. The number of carbonyl (C=O) groups is 2. The normalized spacial score (nSPS) is 11.5. The number of ether oxygens (including phenoxy) is 1. The van der Waals surface area contributed by atoms with E-state index in [9.17, 15) is 14.0 Å². The molecule has 2 rings (SSSR count). The van der Waals surface area contributed by atoms with Gasteiger partial charge in [-0.25, -0.2) is 4.39 Å². The zero-order chi connectivity index (χ0) is 19.6. The second kappa shape index (κ2) is 10.6. The molecule has 0 spiro atoms. The van der Waals surface area contributed by atoms with Gasteiger partial charge >= 0.3 is 0 Å². The highest BCUT2D eigenvalue weighted by molar-refractivity contribution is 7.98. The maximum absolute atomic E-state index is 13.4. The van der Waals surface area contributed by atoms with Gasteiger partial charge < -0.3 is 15.4 Å². The van der Waals surface area contributed by atoms with Crippen LogP contribution in [0.5, 0.6) is 5.75 Å². The number of anilines is 1. The van der Waals surface area contributed by atoms with Crippen molar-refractivity contribution in [3.8, 4) is 5.75 Å². The Hall–Kier alpha value is -2.54. The summed E-state index contributed by atoms with van der Waals surface area (Å²) in [6.07, 6.45) is 2.38. The highest BCUT2D eigenvalue weighted by Gasteiger charge is 2.21. The van der Waals surface area contributed by atoms with Gasteiger partial charge in [0.1, 0.15) is 17.6 Å². The molecule has 2 amide bonds. The largest absolute Gasteiger partial charge is 0.484 e. The molecule has 2 aromatic rings. The van der Waals surface area contributed by atoms with Crippen molar-refractivity contribution in [1.29, 1.82) is 0 Å². The van der Waals surface area contributed by atoms with Gasteiger partial charge in [-0.1, -0.05) is 24.3 Å². The van der Waals surface area contributed by atoms with Crippen molar-refractivity contribution in [2.45, 2.75) is 19.4 Å². The average molecular weight is 390 g/mol. The fraction of sp³-hybridized carbons (Fsp3) is 0.300. The smallest absolute Gasteiger partial charge is 0.258 e. The van der Waals surface area contributed by atoms with Crippen LogP contribution in [-0.4, -0.2) is 36.5 Å². The van der Waals surface area contributed by atoms with E-state index >= 15 is 0 Å². The molecule has 0 saturated heterocycles. The number of rotatable bonds is 9. The zero-order valence-electron chi connectivity index (χ0n) is 15.3. The van der Waals surface area contributed by atoms with Gasteiger partial charge in [-0.15, -0.1) is 0 Å². The Morgan fingerprint density at radius 3 is 2.63 bits per heavy atom. The van der Waals surface area contributed by atoms with E-state index in [1.807, 2.05) is 24.5 Å². The molecular weight excluding hydrogens is 367 g/mol. The Kier molecular flexibility index (Phi) is 8.13. The minimum atomic E-state index is -0.730. The minimum absolute atomic E-state index is 0.188. The average Bonchev–Trinajstić information content (AvgIpc) is 2.67. The van der Waals surface area contributed by atoms with Gasteiger partial charge in [0, 0.05) is 5.69 Å². The SMILES string of the molecule is CSCCC(NC(=O)COc1ccccc1)C(=O)Nc1cc(F)ccc1C. The predicted molar refractivity (Wildman–Crippen MR) is 107 cm³/mol. The molecule has 0 aliphatic carbocycles. The summed E-state index contributed by atoms with van der Waals surface area (Å²) in [5.41, 5.74) is 1.14. The summed E-state index contributed by atoms with van der Waals surface area (Å²) < 4.78 is 18.8. The van der Waals surface area contributed by atoms with Crippen LogP contribution in [0, 0.1) is 12.7 Å². The molecule has 1 atom stereocenters. The first-order valence-electron chi connectivity index (χ1n) is 8.52. The highest BCUT2D eigenvalue weighted by atomic mass is 32.2. The van der Waals surface area contributed by atoms with Crippen LogP contribution >= 0.6 is 11.8 Å². The van der Waals surface area contributed by atoms with E-state index in [4.69, 9.17) is 4.74 Å². The predicted octanol–water partition coefficient (Wildman–Crippen LogP) is 3.39. The molecule has 0 bridgehead atoms. The Bertz CT molecular complexity index is 771. The van der Waals surface area contributed by atoms with Crippen molar-refractivity contribution >= 4 is 29.3 Å². The molecule has 1 unspecified atom stereocenters. The number of aryl methyl sites for hydroxylation is 1. The van der Waals surface area contributed by atoms with Gasteiger partial charge in [-0.2, -0.15) is 11.8 Å². The minimum Gasteiger partial charge on any atom is -0.484 e. The highest BCUT2D eigenvalue weighted by Crippen LogP contribution is 2.17. The van der Waals surface area contributed by atoms with Crippen LogP contribution in [0.4, 0.5) is 10.1 Å². The molecule has 0 saturated carbocycles. The fourth-order valence-electron chi connectivity index (χ4n) is 2.35. The van der Waals surface area contributed by atoms with Crippen molar-refractivity contribution in [2.24, 2.45) is 0 Å². The third-order valence-electron chi connectivity index (χ3n) is 3.83. The molecule has 0 heterocycles. The van der Waals surface area contributed by atoms with Crippen molar-refractivity contribution in [3.05, 3.63) is 59.9 Å². The Labute approximate surface area is 162 Å². The first-order chi connectivity index (χ1) is 13.0. The van der Waals surface area contributed by atoms with E-state index in [-0.39, 0.29) is 12.5 Å². The number of carbonyl (C=O) groups excluding carboxylic acids is 2. The molecule has 2 N–H and O–H groups in total. The number of hydrogen-bond acceptors (Lipinski definition) is 4. The summed E-state index contributed by atoms with van der Waals surface area (Å²) in [4.78, 5) is 24.8. The van der Waals surface area contributed by atoms with E-state index in [0.29, 0.717) is 23.6 Å². The molecule has 27 heavy (non-hydrogen) atoms. The maximum atomic E-state index is 13.4. The van der Waals surface area contributed by atoms with Crippen molar-refractivity contribution < 1.29 is 18.7 Å². The molecule has 0 fully saturated rings. The van der Waals surface area contributed by atoms with Gasteiger partial charge in [0.15, 0.2) is 6.61 Å². The number of nitrogens with one attached hydrogen (secondary N) is 2. The number of hydrogen-bond donors (Lipinski definition) is 2. The van der Waals surface area contributed by atoms with Gasteiger partial charge in [-0.05, 0) is 55.2 Å². The van der Waals surface area contributed by atoms with Crippen molar-refractivity contribution in [1.82, 2.24) is 5.32 Å². The molecule has 5 nitrogen and oxygen atoms in total. The molecular formula is C20H23FN2O3S. The Balaban J connectivity index is 1.97. The van der Waals surface area contributed by atoms with Crippen LogP contribution in [0.2, 0.25) is 0 Å². The Morgan fingerprint density at radius 1 is 1.19 bits per heavy atom. The van der Waals surface area contributed by atoms with Gasteiger partial charge in [0.05, 0.1) is 0 Å². The number of benzene rings is 2. The van der Waals surface area contributed by atoms with Gasteiger partial charge in [0.2, 0.25) is 5.91 Å². The standard InChI is InChI=1S/C20H23FN2O3S/c1-14-8-9-15(21)12-18(14)23-20(25)17(10-11-27-2)22-19(24)13-26-16-6-4-3-5-7-16/h3-9,12,17H,10-11,13H2,1-2H3,(H,22,24)(H,23,25). The molecule has 0 aromatic heterocycles. The molecule has 0 aliphatic rings. The van der Waals surface area contributed by atoms with Crippen LogP contribution in [0.1, 0.15) is 12.0 Å². The third-order valence-corrected chi connectivity index (χ3v) is 4.48. The van der Waals surface area contributed by atoms with E-state index in [1.165, 1.54) is 12.1 Å². The second-order valence-corrected chi connectivity index (χ2v) is 6.94.